The number of rotatable bonds is 9. The number of halogens is 1. The number of ether oxygens (including phenoxy) is 1. The number of fused-ring (bicyclic) bond motifs is 1. The molecule has 4 nitrogen and oxygen atoms in total. The first-order chi connectivity index (χ1) is 13.0. The van der Waals surface area contributed by atoms with Crippen molar-refractivity contribution in [3.05, 3.63) is 63.6 Å². The Balaban J connectivity index is 1.51. The van der Waals surface area contributed by atoms with Crippen LogP contribution in [-0.4, -0.2) is 30.8 Å². The number of hydrogen-bond acceptors (Lipinski definition) is 3. The van der Waals surface area contributed by atoms with Gasteiger partial charge in [-0.05, 0) is 57.9 Å². The first-order valence-electron chi connectivity index (χ1n) is 9.45. The van der Waals surface area contributed by atoms with Crippen molar-refractivity contribution < 1.29 is 14.6 Å². The van der Waals surface area contributed by atoms with Crippen molar-refractivity contribution in [2.75, 3.05) is 24.6 Å². The van der Waals surface area contributed by atoms with E-state index < -0.39 is 5.97 Å². The molecule has 0 saturated carbocycles. The lowest BCUT2D eigenvalue weighted by atomic mass is 9.99. The van der Waals surface area contributed by atoms with E-state index in [-0.39, 0.29) is 5.92 Å². The van der Waals surface area contributed by atoms with E-state index in [0.717, 1.165) is 42.6 Å². The van der Waals surface area contributed by atoms with Gasteiger partial charge in [0.1, 0.15) is 0 Å². The number of carboxylic acid groups (broad SMARTS) is 1. The molecule has 0 aromatic heterocycles. The molecule has 0 fully saturated rings. The lowest BCUT2D eigenvalue weighted by Crippen LogP contribution is -2.23. The van der Waals surface area contributed by atoms with E-state index in [4.69, 9.17) is 9.84 Å². The van der Waals surface area contributed by atoms with Crippen LogP contribution in [0.5, 0.6) is 0 Å². The Hall–Kier alpha value is -1.85. The van der Waals surface area contributed by atoms with Crippen LogP contribution in [0.2, 0.25) is 0 Å². The molecule has 0 bridgehead atoms. The van der Waals surface area contributed by atoms with Crippen molar-refractivity contribution in [1.29, 1.82) is 0 Å². The zero-order valence-corrected chi connectivity index (χ0v) is 17.2. The maximum Gasteiger partial charge on any atom is 0.306 e. The van der Waals surface area contributed by atoms with Gasteiger partial charge in [-0.3, -0.25) is 4.79 Å². The molecule has 27 heavy (non-hydrogen) atoms. The van der Waals surface area contributed by atoms with Crippen LogP contribution in [0.1, 0.15) is 30.0 Å². The molecule has 0 amide bonds. The zero-order valence-electron chi connectivity index (χ0n) is 15.7. The van der Waals surface area contributed by atoms with Crippen LogP contribution >= 0.6 is 15.9 Å². The fraction of sp³-hybridized carbons (Fsp3) is 0.409. The molecular formula is C22H26BrNO3. The summed E-state index contributed by atoms with van der Waals surface area (Å²) in [5.41, 5.74) is 4.85. The quantitative estimate of drug-likeness (QED) is 0.585. The minimum absolute atomic E-state index is 0.366. The van der Waals surface area contributed by atoms with E-state index >= 15 is 0 Å². The summed E-state index contributed by atoms with van der Waals surface area (Å²) in [6.45, 7) is 5.12. The van der Waals surface area contributed by atoms with Crippen LogP contribution in [0, 0.1) is 5.92 Å². The number of aliphatic carboxylic acids is 1. The molecule has 5 heteroatoms. The van der Waals surface area contributed by atoms with Gasteiger partial charge in [0.25, 0.3) is 0 Å². The highest BCUT2D eigenvalue weighted by Crippen LogP contribution is 2.37. The molecule has 1 atom stereocenters. The third kappa shape index (κ3) is 5.33. The summed E-state index contributed by atoms with van der Waals surface area (Å²) in [6, 6.07) is 14.5. The van der Waals surface area contributed by atoms with Crippen molar-refractivity contribution >= 4 is 27.6 Å². The van der Waals surface area contributed by atoms with E-state index in [1.807, 2.05) is 18.2 Å². The summed E-state index contributed by atoms with van der Waals surface area (Å²) in [5.74, 6) is -1.11. The molecule has 144 valence electrons. The van der Waals surface area contributed by atoms with Crippen molar-refractivity contribution in [3.63, 3.8) is 0 Å². The molecule has 1 heterocycles. The third-order valence-electron chi connectivity index (χ3n) is 4.96. The second kappa shape index (κ2) is 9.38. The Morgan fingerprint density at radius 1 is 1.26 bits per heavy atom. The van der Waals surface area contributed by atoms with Crippen LogP contribution in [0.3, 0.4) is 0 Å². The summed E-state index contributed by atoms with van der Waals surface area (Å²) in [6.07, 6.45) is 2.55. The molecule has 0 saturated heterocycles. The fourth-order valence-electron chi connectivity index (χ4n) is 3.53. The molecule has 0 radical (unpaired) electrons. The fourth-order valence-corrected chi connectivity index (χ4v) is 4.33. The van der Waals surface area contributed by atoms with Gasteiger partial charge in [0.15, 0.2) is 0 Å². The Morgan fingerprint density at radius 2 is 2.04 bits per heavy atom. The Labute approximate surface area is 169 Å². The normalized spacial score (nSPS) is 14.2. The first-order valence-corrected chi connectivity index (χ1v) is 10.2. The van der Waals surface area contributed by atoms with Gasteiger partial charge in [0.05, 0.1) is 18.2 Å². The number of carbonyl (C=O) groups is 1. The highest BCUT2D eigenvalue weighted by atomic mass is 79.9. The third-order valence-corrected chi connectivity index (χ3v) is 5.57. The summed E-state index contributed by atoms with van der Waals surface area (Å²) >= 11 is 3.70. The van der Waals surface area contributed by atoms with E-state index in [1.165, 1.54) is 16.8 Å². The van der Waals surface area contributed by atoms with Gasteiger partial charge >= 0.3 is 5.97 Å². The molecule has 0 aliphatic carbocycles. The number of benzene rings is 2. The predicted molar refractivity (Wildman–Crippen MR) is 111 cm³/mol. The number of carboxylic acids is 1. The van der Waals surface area contributed by atoms with E-state index in [2.05, 4.69) is 45.1 Å². The highest BCUT2D eigenvalue weighted by Gasteiger charge is 2.23. The first kappa shape index (κ1) is 19.9. The van der Waals surface area contributed by atoms with E-state index in [9.17, 15) is 4.79 Å². The predicted octanol–water partition coefficient (Wildman–Crippen LogP) is 4.68. The zero-order chi connectivity index (χ0) is 19.2. The number of nitrogens with zero attached hydrogens (tertiary/aromatic N) is 1. The summed E-state index contributed by atoms with van der Waals surface area (Å²) in [7, 11) is 0. The SMILES string of the molecule is C[C@H](Cc1cc(Br)c2c(c1)CCN2CCCOCc1ccccc1)C(=O)O. The average molecular weight is 432 g/mol. The van der Waals surface area contributed by atoms with Crippen LogP contribution in [0.4, 0.5) is 5.69 Å². The largest absolute Gasteiger partial charge is 0.481 e. The lowest BCUT2D eigenvalue weighted by molar-refractivity contribution is -0.141. The van der Waals surface area contributed by atoms with Crippen molar-refractivity contribution in [1.82, 2.24) is 0 Å². The lowest BCUT2D eigenvalue weighted by Gasteiger charge is -2.21. The van der Waals surface area contributed by atoms with Gasteiger partial charge in [0, 0.05) is 24.2 Å². The molecule has 0 spiro atoms. The van der Waals surface area contributed by atoms with Crippen LogP contribution in [0.15, 0.2) is 46.9 Å². The van der Waals surface area contributed by atoms with E-state index in [0.29, 0.717) is 13.0 Å². The maximum absolute atomic E-state index is 11.1. The number of hydrogen-bond donors (Lipinski definition) is 1. The van der Waals surface area contributed by atoms with Gasteiger partial charge in [-0.1, -0.05) is 43.3 Å². The molecule has 1 N–H and O–H groups in total. The van der Waals surface area contributed by atoms with Crippen LogP contribution in [0.25, 0.3) is 0 Å². The van der Waals surface area contributed by atoms with Crippen molar-refractivity contribution in [3.8, 4) is 0 Å². The monoisotopic (exact) mass is 431 g/mol. The second-order valence-corrected chi connectivity index (χ2v) is 8.01. The minimum atomic E-state index is -0.747. The molecular weight excluding hydrogens is 406 g/mol. The standard InChI is InChI=1S/C22H26BrNO3/c1-16(22(25)26)12-18-13-19-8-10-24(21(19)20(23)14-18)9-5-11-27-15-17-6-3-2-4-7-17/h2-4,6-7,13-14,16H,5,8-12,15H2,1H3,(H,25,26)/t16-/m1/s1. The molecule has 0 unspecified atom stereocenters. The minimum Gasteiger partial charge on any atom is -0.481 e. The molecule has 2 aromatic carbocycles. The molecule has 3 rings (SSSR count). The van der Waals surface area contributed by atoms with Crippen molar-refractivity contribution in [2.24, 2.45) is 5.92 Å². The van der Waals surface area contributed by atoms with Gasteiger partial charge in [0.2, 0.25) is 0 Å². The summed E-state index contributed by atoms with van der Waals surface area (Å²) in [4.78, 5) is 13.5. The molecule has 1 aliphatic rings. The Morgan fingerprint density at radius 3 is 2.78 bits per heavy atom. The average Bonchev–Trinajstić information content (AvgIpc) is 3.05. The smallest absolute Gasteiger partial charge is 0.306 e. The summed E-state index contributed by atoms with van der Waals surface area (Å²) in [5, 5.41) is 9.13. The summed E-state index contributed by atoms with van der Waals surface area (Å²) < 4.78 is 6.85. The van der Waals surface area contributed by atoms with Crippen molar-refractivity contribution in [2.45, 2.75) is 32.8 Å². The Bertz CT molecular complexity index is 779. The van der Waals surface area contributed by atoms with Gasteiger partial charge in [-0.25, -0.2) is 0 Å². The van der Waals surface area contributed by atoms with Gasteiger partial charge in [-0.15, -0.1) is 0 Å². The Kier molecular flexibility index (Phi) is 6.91. The highest BCUT2D eigenvalue weighted by molar-refractivity contribution is 9.10. The topological polar surface area (TPSA) is 49.8 Å². The van der Waals surface area contributed by atoms with Crippen LogP contribution in [-0.2, 0) is 29.0 Å². The maximum atomic E-state index is 11.1. The van der Waals surface area contributed by atoms with Crippen LogP contribution < -0.4 is 4.90 Å². The second-order valence-electron chi connectivity index (χ2n) is 7.16. The van der Waals surface area contributed by atoms with Gasteiger partial charge < -0.3 is 14.7 Å². The number of anilines is 1. The molecule has 1 aliphatic heterocycles. The molecule has 2 aromatic rings. The van der Waals surface area contributed by atoms with Gasteiger partial charge in [-0.2, -0.15) is 0 Å². The van der Waals surface area contributed by atoms with E-state index in [1.54, 1.807) is 6.92 Å².